The van der Waals surface area contributed by atoms with E-state index in [1.54, 1.807) is 0 Å². The van der Waals surface area contributed by atoms with Crippen molar-refractivity contribution < 1.29 is 9.59 Å². The molecule has 29 heavy (non-hydrogen) atoms. The number of hydrogen-bond acceptors (Lipinski definition) is 2. The van der Waals surface area contributed by atoms with E-state index < -0.39 is 5.91 Å². The van der Waals surface area contributed by atoms with Crippen LogP contribution in [0.2, 0.25) is 0 Å². The van der Waals surface area contributed by atoms with Gasteiger partial charge in [0.15, 0.2) is 0 Å². The molecule has 1 saturated carbocycles. The van der Waals surface area contributed by atoms with Crippen molar-refractivity contribution in [1.29, 1.82) is 0 Å². The van der Waals surface area contributed by atoms with Crippen molar-refractivity contribution in [2.75, 3.05) is 6.54 Å². The SMILES string of the molecule is CCC(NC(=O)C(=O)N1CC2(C)CC1CC(C)(C)C2)c1ccc2c(c1)CCCC2. The number of nitrogens with one attached hydrogen (secondary N) is 1. The summed E-state index contributed by atoms with van der Waals surface area (Å²) < 4.78 is 0. The molecule has 1 aromatic carbocycles. The molecule has 1 aromatic rings. The van der Waals surface area contributed by atoms with Crippen molar-refractivity contribution in [3.05, 3.63) is 34.9 Å². The third-order valence-corrected chi connectivity index (χ3v) is 7.36. The fraction of sp³-hybridized carbons (Fsp3) is 0.680. The van der Waals surface area contributed by atoms with E-state index in [4.69, 9.17) is 0 Å². The van der Waals surface area contributed by atoms with Gasteiger partial charge in [-0.1, -0.05) is 45.9 Å². The average molecular weight is 397 g/mol. The van der Waals surface area contributed by atoms with E-state index in [9.17, 15) is 9.59 Å². The molecule has 2 aliphatic carbocycles. The Morgan fingerprint density at radius 3 is 2.59 bits per heavy atom. The Hall–Kier alpha value is -1.84. The number of fused-ring (bicyclic) bond motifs is 3. The standard InChI is InChI=1S/C25H36N2O2/c1-5-21(19-11-10-17-8-6-7-9-18(17)12-19)26-22(28)23(29)27-16-25(4)14-20(27)13-24(2,3)15-25/h10-12,20-21H,5-9,13-16H2,1-4H3,(H,26,28). The molecule has 0 aromatic heterocycles. The molecule has 2 fully saturated rings. The molecule has 4 heteroatoms. The minimum absolute atomic E-state index is 0.104. The Morgan fingerprint density at radius 1 is 1.14 bits per heavy atom. The normalized spacial score (nSPS) is 28.6. The first-order chi connectivity index (χ1) is 13.7. The molecule has 3 aliphatic rings. The van der Waals surface area contributed by atoms with Gasteiger partial charge in [0.25, 0.3) is 0 Å². The van der Waals surface area contributed by atoms with Gasteiger partial charge in [0.1, 0.15) is 0 Å². The second-order valence-corrected chi connectivity index (χ2v) is 10.8. The monoisotopic (exact) mass is 396 g/mol. The summed E-state index contributed by atoms with van der Waals surface area (Å²) in [6.45, 7) is 9.63. The number of benzene rings is 1. The Morgan fingerprint density at radius 2 is 1.86 bits per heavy atom. The minimum atomic E-state index is -0.441. The van der Waals surface area contributed by atoms with Crippen LogP contribution in [-0.2, 0) is 22.4 Å². The first-order valence-electron chi connectivity index (χ1n) is 11.4. The summed E-state index contributed by atoms with van der Waals surface area (Å²) in [5.41, 5.74) is 4.36. The maximum Gasteiger partial charge on any atom is 0.312 e. The van der Waals surface area contributed by atoms with Gasteiger partial charge in [-0.05, 0) is 78.9 Å². The number of aryl methyl sites for hydroxylation is 2. The molecule has 4 rings (SSSR count). The fourth-order valence-corrected chi connectivity index (χ4v) is 6.44. The predicted octanol–water partition coefficient (Wildman–Crippen LogP) is 4.56. The number of hydrogen-bond donors (Lipinski definition) is 1. The molecule has 3 atom stereocenters. The molecule has 4 nitrogen and oxygen atoms in total. The average Bonchev–Trinajstić information content (AvgIpc) is 2.93. The second-order valence-electron chi connectivity index (χ2n) is 10.8. The van der Waals surface area contributed by atoms with Gasteiger partial charge in [-0.3, -0.25) is 9.59 Å². The first kappa shape index (κ1) is 20.4. The topological polar surface area (TPSA) is 49.4 Å². The number of likely N-dealkylation sites (tertiary alicyclic amines) is 1. The van der Waals surface area contributed by atoms with Crippen LogP contribution in [0.5, 0.6) is 0 Å². The Bertz CT molecular complexity index is 815. The van der Waals surface area contributed by atoms with Crippen molar-refractivity contribution in [3.63, 3.8) is 0 Å². The number of nitrogens with zero attached hydrogens (tertiary/aromatic N) is 1. The molecule has 1 N–H and O–H groups in total. The Labute approximate surface area is 175 Å². The molecule has 3 unspecified atom stereocenters. The Kier molecular flexibility index (Phi) is 5.25. The summed E-state index contributed by atoms with van der Waals surface area (Å²) >= 11 is 0. The maximum absolute atomic E-state index is 13.1. The highest BCUT2D eigenvalue weighted by Gasteiger charge is 2.51. The van der Waals surface area contributed by atoms with Crippen LogP contribution in [0.1, 0.15) is 89.0 Å². The third kappa shape index (κ3) is 4.08. The van der Waals surface area contributed by atoms with E-state index in [-0.39, 0.29) is 28.8 Å². The molecular formula is C25H36N2O2. The zero-order chi connectivity index (χ0) is 20.8. The van der Waals surface area contributed by atoms with Crippen LogP contribution >= 0.6 is 0 Å². The summed E-state index contributed by atoms with van der Waals surface area (Å²) in [5.74, 6) is -0.781. The van der Waals surface area contributed by atoms with Crippen LogP contribution in [0.4, 0.5) is 0 Å². The van der Waals surface area contributed by atoms with Crippen molar-refractivity contribution in [1.82, 2.24) is 10.2 Å². The van der Waals surface area contributed by atoms with Crippen LogP contribution < -0.4 is 5.32 Å². The number of carbonyl (C=O) groups excluding carboxylic acids is 2. The van der Waals surface area contributed by atoms with E-state index in [2.05, 4.69) is 51.2 Å². The molecular weight excluding hydrogens is 360 g/mol. The first-order valence-corrected chi connectivity index (χ1v) is 11.4. The molecule has 158 valence electrons. The lowest BCUT2D eigenvalue weighted by atomic mass is 9.65. The summed E-state index contributed by atoms with van der Waals surface area (Å²) in [5, 5.41) is 3.05. The summed E-state index contributed by atoms with van der Waals surface area (Å²) in [6, 6.07) is 6.70. The highest BCUT2D eigenvalue weighted by Crippen LogP contribution is 2.52. The molecule has 0 radical (unpaired) electrons. The van der Waals surface area contributed by atoms with E-state index in [0.717, 1.165) is 44.1 Å². The van der Waals surface area contributed by atoms with E-state index >= 15 is 0 Å². The van der Waals surface area contributed by atoms with E-state index in [1.165, 1.54) is 24.0 Å². The van der Waals surface area contributed by atoms with Crippen molar-refractivity contribution >= 4 is 11.8 Å². The van der Waals surface area contributed by atoms with Gasteiger partial charge < -0.3 is 10.2 Å². The van der Waals surface area contributed by atoms with E-state index in [0.29, 0.717) is 6.54 Å². The number of amides is 2. The van der Waals surface area contributed by atoms with Gasteiger partial charge in [-0.25, -0.2) is 0 Å². The number of rotatable bonds is 3. The smallest absolute Gasteiger partial charge is 0.312 e. The minimum Gasteiger partial charge on any atom is -0.341 e. The lowest BCUT2D eigenvalue weighted by molar-refractivity contribution is -0.147. The van der Waals surface area contributed by atoms with Gasteiger partial charge in [0.2, 0.25) is 0 Å². The Balaban J connectivity index is 1.46. The van der Waals surface area contributed by atoms with Crippen LogP contribution in [-0.4, -0.2) is 29.3 Å². The lowest BCUT2D eigenvalue weighted by Gasteiger charge is -2.39. The second kappa shape index (κ2) is 7.45. The van der Waals surface area contributed by atoms with Gasteiger partial charge in [0.05, 0.1) is 6.04 Å². The van der Waals surface area contributed by atoms with Gasteiger partial charge in [-0.15, -0.1) is 0 Å². The highest BCUT2D eigenvalue weighted by molar-refractivity contribution is 6.35. The largest absolute Gasteiger partial charge is 0.341 e. The van der Waals surface area contributed by atoms with Crippen molar-refractivity contribution in [3.8, 4) is 0 Å². The van der Waals surface area contributed by atoms with Crippen molar-refractivity contribution in [2.45, 2.75) is 91.1 Å². The fourth-order valence-electron chi connectivity index (χ4n) is 6.44. The van der Waals surface area contributed by atoms with Gasteiger partial charge in [-0.2, -0.15) is 0 Å². The number of carbonyl (C=O) groups is 2. The molecule has 0 spiro atoms. The molecule has 1 heterocycles. The van der Waals surface area contributed by atoms with Crippen molar-refractivity contribution in [2.24, 2.45) is 10.8 Å². The highest BCUT2D eigenvalue weighted by atomic mass is 16.2. The third-order valence-electron chi connectivity index (χ3n) is 7.36. The molecule has 2 bridgehead atoms. The maximum atomic E-state index is 13.1. The van der Waals surface area contributed by atoms with Crippen LogP contribution in [0, 0.1) is 10.8 Å². The van der Waals surface area contributed by atoms with Crippen LogP contribution in [0.15, 0.2) is 18.2 Å². The summed E-state index contributed by atoms with van der Waals surface area (Å²) in [4.78, 5) is 27.8. The van der Waals surface area contributed by atoms with Crippen LogP contribution in [0.25, 0.3) is 0 Å². The summed E-state index contributed by atoms with van der Waals surface area (Å²) in [7, 11) is 0. The lowest BCUT2D eigenvalue weighted by Crippen LogP contribution is -2.46. The zero-order valence-electron chi connectivity index (χ0n) is 18.5. The predicted molar refractivity (Wildman–Crippen MR) is 115 cm³/mol. The molecule has 1 saturated heterocycles. The van der Waals surface area contributed by atoms with Crippen LogP contribution in [0.3, 0.4) is 0 Å². The van der Waals surface area contributed by atoms with Gasteiger partial charge in [0, 0.05) is 12.6 Å². The summed E-state index contributed by atoms with van der Waals surface area (Å²) in [6.07, 6.45) is 8.70. The zero-order valence-corrected chi connectivity index (χ0v) is 18.5. The van der Waals surface area contributed by atoms with E-state index in [1.807, 2.05) is 4.90 Å². The molecule has 1 aliphatic heterocycles. The van der Waals surface area contributed by atoms with Gasteiger partial charge >= 0.3 is 11.8 Å². The quantitative estimate of drug-likeness (QED) is 0.762. The molecule has 2 amide bonds.